The molecule has 2 atom stereocenters. The van der Waals surface area contributed by atoms with E-state index < -0.39 is 0 Å². The second-order valence-corrected chi connectivity index (χ2v) is 3.68. The molecule has 2 heteroatoms. The van der Waals surface area contributed by atoms with Crippen LogP contribution in [0.2, 0.25) is 0 Å². The van der Waals surface area contributed by atoms with Crippen molar-refractivity contribution in [3.63, 3.8) is 0 Å². The van der Waals surface area contributed by atoms with E-state index in [4.69, 9.17) is 0 Å². The Hall–Kier alpha value is -0.370. The number of aldehydes is 1. The van der Waals surface area contributed by atoms with Crippen molar-refractivity contribution in [2.45, 2.75) is 31.7 Å². The van der Waals surface area contributed by atoms with Crippen molar-refractivity contribution in [2.75, 3.05) is 14.1 Å². The summed E-state index contributed by atoms with van der Waals surface area (Å²) in [6, 6.07) is 0.638. The van der Waals surface area contributed by atoms with E-state index in [2.05, 4.69) is 19.0 Å². The van der Waals surface area contributed by atoms with Gasteiger partial charge in [-0.3, -0.25) is 0 Å². The molecule has 0 aromatic carbocycles. The summed E-state index contributed by atoms with van der Waals surface area (Å²) in [7, 11) is 4.19. The van der Waals surface area contributed by atoms with Crippen molar-refractivity contribution >= 4 is 6.29 Å². The summed E-state index contributed by atoms with van der Waals surface area (Å²) in [5.74, 6) is 0.330. The van der Waals surface area contributed by atoms with E-state index in [1.807, 2.05) is 0 Å². The number of hydrogen-bond donors (Lipinski definition) is 0. The Morgan fingerprint density at radius 2 is 2.09 bits per heavy atom. The van der Waals surface area contributed by atoms with Crippen LogP contribution >= 0.6 is 0 Å². The first-order chi connectivity index (χ1) is 5.24. The first kappa shape index (κ1) is 8.72. The molecule has 11 heavy (non-hydrogen) atoms. The lowest BCUT2D eigenvalue weighted by Crippen LogP contribution is -2.33. The van der Waals surface area contributed by atoms with Gasteiger partial charge < -0.3 is 9.69 Å². The fourth-order valence-corrected chi connectivity index (χ4v) is 1.79. The highest BCUT2D eigenvalue weighted by Gasteiger charge is 2.22. The molecule has 64 valence electrons. The molecule has 0 heterocycles. The molecular weight excluding hydrogens is 138 g/mol. The van der Waals surface area contributed by atoms with Gasteiger partial charge in [0.1, 0.15) is 6.29 Å². The third kappa shape index (κ3) is 2.29. The maximum absolute atomic E-state index is 10.5. The van der Waals surface area contributed by atoms with E-state index in [9.17, 15) is 4.79 Å². The Morgan fingerprint density at radius 3 is 2.64 bits per heavy atom. The summed E-state index contributed by atoms with van der Waals surface area (Å²) >= 11 is 0. The van der Waals surface area contributed by atoms with Crippen molar-refractivity contribution in [2.24, 2.45) is 5.92 Å². The molecule has 0 N–H and O–H groups in total. The predicted molar refractivity (Wildman–Crippen MR) is 45.5 cm³/mol. The van der Waals surface area contributed by atoms with Crippen LogP contribution in [0.4, 0.5) is 0 Å². The fraction of sp³-hybridized carbons (Fsp3) is 0.889. The van der Waals surface area contributed by atoms with Crippen LogP contribution in [0, 0.1) is 5.92 Å². The minimum absolute atomic E-state index is 0.330. The van der Waals surface area contributed by atoms with E-state index in [1.54, 1.807) is 0 Å². The maximum atomic E-state index is 10.5. The molecule has 1 aliphatic carbocycles. The highest BCUT2D eigenvalue weighted by Crippen LogP contribution is 2.24. The van der Waals surface area contributed by atoms with Crippen molar-refractivity contribution < 1.29 is 4.79 Å². The van der Waals surface area contributed by atoms with Crippen LogP contribution < -0.4 is 0 Å². The minimum atomic E-state index is 0.330. The standard InChI is InChI=1S/C9H17NO/c1-10(2)9-5-3-4-8(6-9)7-11/h7-9H,3-6H2,1-2H3. The summed E-state index contributed by atoms with van der Waals surface area (Å²) < 4.78 is 0. The zero-order chi connectivity index (χ0) is 8.27. The Kier molecular flexibility index (Phi) is 3.06. The van der Waals surface area contributed by atoms with Gasteiger partial charge in [-0.05, 0) is 33.4 Å². The molecule has 0 bridgehead atoms. The van der Waals surface area contributed by atoms with Crippen LogP contribution in [-0.2, 0) is 4.79 Å². The summed E-state index contributed by atoms with van der Waals surface area (Å²) in [6.07, 6.45) is 5.77. The maximum Gasteiger partial charge on any atom is 0.123 e. The molecule has 1 fully saturated rings. The Bertz CT molecular complexity index is 134. The van der Waals surface area contributed by atoms with Gasteiger partial charge in [0, 0.05) is 12.0 Å². The smallest absolute Gasteiger partial charge is 0.123 e. The van der Waals surface area contributed by atoms with Crippen LogP contribution in [0.15, 0.2) is 0 Å². The molecule has 2 nitrogen and oxygen atoms in total. The van der Waals surface area contributed by atoms with Gasteiger partial charge in [0.2, 0.25) is 0 Å². The molecule has 0 aromatic heterocycles. The van der Waals surface area contributed by atoms with Crippen molar-refractivity contribution in [1.82, 2.24) is 4.90 Å². The first-order valence-corrected chi connectivity index (χ1v) is 4.35. The Balaban J connectivity index is 2.39. The Labute approximate surface area is 68.6 Å². The second-order valence-electron chi connectivity index (χ2n) is 3.68. The van der Waals surface area contributed by atoms with Gasteiger partial charge in [-0.15, -0.1) is 0 Å². The monoisotopic (exact) mass is 155 g/mol. The van der Waals surface area contributed by atoms with E-state index in [0.717, 1.165) is 19.1 Å². The fourth-order valence-electron chi connectivity index (χ4n) is 1.79. The molecule has 0 saturated heterocycles. The van der Waals surface area contributed by atoms with Gasteiger partial charge in [-0.25, -0.2) is 0 Å². The molecule has 2 unspecified atom stereocenters. The molecule has 0 amide bonds. The zero-order valence-corrected chi connectivity index (χ0v) is 7.42. The number of nitrogens with zero attached hydrogens (tertiary/aromatic N) is 1. The van der Waals surface area contributed by atoms with Crippen LogP contribution in [0.3, 0.4) is 0 Å². The summed E-state index contributed by atoms with van der Waals surface area (Å²) in [5.41, 5.74) is 0. The molecule has 1 rings (SSSR count). The molecular formula is C9H17NO. The van der Waals surface area contributed by atoms with Crippen LogP contribution in [0.1, 0.15) is 25.7 Å². The second kappa shape index (κ2) is 3.86. The van der Waals surface area contributed by atoms with Crippen LogP contribution in [-0.4, -0.2) is 31.3 Å². The normalized spacial score (nSPS) is 32.3. The Morgan fingerprint density at radius 1 is 1.36 bits per heavy atom. The molecule has 1 aliphatic rings. The molecule has 0 aromatic rings. The molecule has 1 saturated carbocycles. The number of carbonyl (C=O) groups is 1. The molecule has 0 aliphatic heterocycles. The van der Waals surface area contributed by atoms with E-state index in [0.29, 0.717) is 12.0 Å². The van der Waals surface area contributed by atoms with E-state index in [1.165, 1.54) is 12.8 Å². The third-order valence-corrected chi connectivity index (χ3v) is 2.61. The average Bonchev–Trinajstić information content (AvgIpc) is 2.05. The highest BCUT2D eigenvalue weighted by atomic mass is 16.1. The first-order valence-electron chi connectivity index (χ1n) is 4.35. The van der Waals surface area contributed by atoms with Gasteiger partial charge in [0.25, 0.3) is 0 Å². The van der Waals surface area contributed by atoms with Crippen molar-refractivity contribution in [3.05, 3.63) is 0 Å². The summed E-state index contributed by atoms with van der Waals surface area (Å²) in [6.45, 7) is 0. The topological polar surface area (TPSA) is 20.3 Å². The lowest BCUT2D eigenvalue weighted by molar-refractivity contribution is -0.112. The average molecular weight is 155 g/mol. The van der Waals surface area contributed by atoms with E-state index in [-0.39, 0.29) is 0 Å². The van der Waals surface area contributed by atoms with Crippen LogP contribution in [0.25, 0.3) is 0 Å². The minimum Gasteiger partial charge on any atom is -0.306 e. The largest absolute Gasteiger partial charge is 0.306 e. The lowest BCUT2D eigenvalue weighted by Gasteiger charge is -2.30. The van der Waals surface area contributed by atoms with Gasteiger partial charge >= 0.3 is 0 Å². The predicted octanol–water partition coefficient (Wildman–Crippen LogP) is 1.31. The number of carbonyl (C=O) groups excluding carboxylic acids is 1. The summed E-state index contributed by atoms with van der Waals surface area (Å²) in [4.78, 5) is 12.7. The van der Waals surface area contributed by atoms with Gasteiger partial charge in [-0.2, -0.15) is 0 Å². The molecule has 0 spiro atoms. The third-order valence-electron chi connectivity index (χ3n) is 2.61. The van der Waals surface area contributed by atoms with Crippen LogP contribution in [0.5, 0.6) is 0 Å². The summed E-state index contributed by atoms with van der Waals surface area (Å²) in [5, 5.41) is 0. The van der Waals surface area contributed by atoms with Gasteiger partial charge in [-0.1, -0.05) is 6.42 Å². The zero-order valence-electron chi connectivity index (χ0n) is 7.42. The SMILES string of the molecule is CN(C)C1CCCC(C=O)C1. The van der Waals surface area contributed by atoms with Crippen molar-refractivity contribution in [1.29, 1.82) is 0 Å². The number of rotatable bonds is 2. The van der Waals surface area contributed by atoms with Gasteiger partial charge in [0.05, 0.1) is 0 Å². The quantitative estimate of drug-likeness (QED) is 0.560. The highest BCUT2D eigenvalue weighted by molar-refractivity contribution is 5.53. The van der Waals surface area contributed by atoms with Crippen molar-refractivity contribution in [3.8, 4) is 0 Å². The van der Waals surface area contributed by atoms with E-state index >= 15 is 0 Å². The molecule has 0 radical (unpaired) electrons. The lowest BCUT2D eigenvalue weighted by atomic mass is 9.86. The number of hydrogen-bond acceptors (Lipinski definition) is 2. The van der Waals surface area contributed by atoms with Gasteiger partial charge in [0.15, 0.2) is 0 Å².